The molecule has 0 saturated carbocycles. The summed E-state index contributed by atoms with van der Waals surface area (Å²) in [5, 5.41) is 23.7. The topological polar surface area (TPSA) is 95.9 Å². The van der Waals surface area contributed by atoms with Gasteiger partial charge < -0.3 is 20.3 Å². The van der Waals surface area contributed by atoms with Crippen LogP contribution in [-0.4, -0.2) is 46.9 Å². The number of carbonyl (C=O) groups excluding carboxylic acids is 2. The summed E-state index contributed by atoms with van der Waals surface area (Å²) in [6.45, 7) is 6.19. The molecule has 0 radical (unpaired) electrons. The summed E-state index contributed by atoms with van der Waals surface area (Å²) < 4.78 is 5.91. The van der Waals surface area contributed by atoms with Crippen LogP contribution in [0.2, 0.25) is 0 Å². The van der Waals surface area contributed by atoms with Crippen LogP contribution in [0.3, 0.4) is 0 Å². The summed E-state index contributed by atoms with van der Waals surface area (Å²) in [7, 11) is 0. The molecule has 0 aliphatic rings. The van der Waals surface area contributed by atoms with E-state index in [1.807, 2.05) is 18.2 Å². The second kappa shape index (κ2) is 47.1. The van der Waals surface area contributed by atoms with Gasteiger partial charge in [0, 0.05) is 6.42 Å². The molecule has 0 heterocycles. The highest BCUT2D eigenvalue weighted by Crippen LogP contribution is 2.17. The van der Waals surface area contributed by atoms with Gasteiger partial charge in [-0.3, -0.25) is 9.59 Å². The lowest BCUT2D eigenvalue weighted by Crippen LogP contribution is -2.46. The third-order valence-electron chi connectivity index (χ3n) is 10.9. The van der Waals surface area contributed by atoms with Crippen molar-refractivity contribution in [2.75, 3.05) is 6.61 Å². The first-order chi connectivity index (χ1) is 29.5. The maximum absolute atomic E-state index is 13.2. The van der Waals surface area contributed by atoms with E-state index in [9.17, 15) is 19.8 Å². The Morgan fingerprint density at radius 2 is 0.900 bits per heavy atom. The number of allylic oxidation sites excluding steroid dienone is 14. The molecule has 0 aromatic rings. The lowest BCUT2D eigenvalue weighted by Gasteiger charge is -2.24. The number of aliphatic hydroxyl groups excluding tert-OH is 2. The zero-order valence-electron chi connectivity index (χ0n) is 39.1. The molecule has 3 unspecified atom stereocenters. The van der Waals surface area contributed by atoms with E-state index >= 15 is 0 Å². The number of hydrogen-bond donors (Lipinski definition) is 3. The van der Waals surface area contributed by atoms with Gasteiger partial charge in [0.15, 0.2) is 0 Å². The van der Waals surface area contributed by atoms with E-state index in [-0.39, 0.29) is 24.9 Å². The molecule has 0 rings (SSSR count). The van der Waals surface area contributed by atoms with Crippen LogP contribution in [0.25, 0.3) is 0 Å². The number of unbranched alkanes of at least 4 members (excludes halogenated alkanes) is 22. The Hall–Kier alpha value is -2.96. The minimum atomic E-state index is -0.801. The summed E-state index contributed by atoms with van der Waals surface area (Å²) in [6.07, 6.45) is 60.6. The van der Waals surface area contributed by atoms with E-state index in [1.54, 1.807) is 0 Å². The zero-order valence-corrected chi connectivity index (χ0v) is 39.1. The molecule has 344 valence electrons. The van der Waals surface area contributed by atoms with Gasteiger partial charge in [0.2, 0.25) is 5.91 Å². The average molecular weight is 836 g/mol. The van der Waals surface area contributed by atoms with Crippen molar-refractivity contribution in [2.24, 2.45) is 0 Å². The van der Waals surface area contributed by atoms with E-state index in [4.69, 9.17) is 4.74 Å². The minimum absolute atomic E-state index is 0.0500. The van der Waals surface area contributed by atoms with E-state index in [1.165, 1.54) is 64.2 Å². The molecule has 0 aromatic heterocycles. The molecule has 0 aromatic carbocycles. The van der Waals surface area contributed by atoms with Crippen molar-refractivity contribution in [3.05, 3.63) is 85.1 Å². The second-order valence-corrected chi connectivity index (χ2v) is 16.6. The summed E-state index contributed by atoms with van der Waals surface area (Å²) in [6, 6.07) is -0.717. The summed E-state index contributed by atoms with van der Waals surface area (Å²) in [4.78, 5) is 26.1. The number of ether oxygens (including phenoxy) is 1. The fourth-order valence-corrected chi connectivity index (χ4v) is 7.15. The van der Waals surface area contributed by atoms with Gasteiger partial charge in [-0.1, -0.05) is 228 Å². The van der Waals surface area contributed by atoms with E-state index in [0.29, 0.717) is 19.3 Å². The highest BCUT2D eigenvalue weighted by Gasteiger charge is 2.24. The van der Waals surface area contributed by atoms with Crippen LogP contribution in [0.4, 0.5) is 0 Å². The lowest BCUT2D eigenvalue weighted by atomic mass is 10.0. The normalized spacial score (nSPS) is 14.0. The SMILES string of the molecule is CC/C=C/C=C/C=C/C=C\CCCCCCCC(=O)OC(CCCCCCC/C=C/C=C/C=C/CC)CC(=O)NC(CO)C(O)CCCCCCCCCCCCCCC. The van der Waals surface area contributed by atoms with Gasteiger partial charge in [-0.25, -0.2) is 0 Å². The molecule has 0 aliphatic carbocycles. The summed E-state index contributed by atoms with van der Waals surface area (Å²) >= 11 is 0. The number of carbonyl (C=O) groups is 2. The molecular formula is C54H93NO5. The predicted octanol–water partition coefficient (Wildman–Crippen LogP) is 14.8. The Kier molecular flexibility index (Phi) is 44.8. The van der Waals surface area contributed by atoms with Crippen molar-refractivity contribution in [1.82, 2.24) is 5.32 Å². The molecule has 6 nitrogen and oxygen atoms in total. The van der Waals surface area contributed by atoms with Crippen molar-refractivity contribution in [3.8, 4) is 0 Å². The molecule has 0 saturated heterocycles. The number of rotatable bonds is 43. The predicted molar refractivity (Wildman–Crippen MR) is 259 cm³/mol. The van der Waals surface area contributed by atoms with E-state index in [0.717, 1.165) is 109 Å². The van der Waals surface area contributed by atoms with Gasteiger partial charge >= 0.3 is 5.97 Å². The third kappa shape index (κ3) is 41.8. The van der Waals surface area contributed by atoms with E-state index in [2.05, 4.69) is 92.9 Å². The first-order valence-electron chi connectivity index (χ1n) is 24.9. The fourth-order valence-electron chi connectivity index (χ4n) is 7.15. The van der Waals surface area contributed by atoms with Crippen molar-refractivity contribution in [2.45, 2.75) is 238 Å². The molecule has 1 amide bonds. The average Bonchev–Trinajstić information content (AvgIpc) is 3.24. The molecule has 60 heavy (non-hydrogen) atoms. The Morgan fingerprint density at radius 3 is 1.37 bits per heavy atom. The number of amides is 1. The maximum atomic E-state index is 13.2. The largest absolute Gasteiger partial charge is 0.462 e. The Balaban J connectivity index is 4.66. The molecule has 3 N–H and O–H groups in total. The van der Waals surface area contributed by atoms with Gasteiger partial charge in [-0.15, -0.1) is 0 Å². The van der Waals surface area contributed by atoms with Gasteiger partial charge in [0.1, 0.15) is 6.10 Å². The van der Waals surface area contributed by atoms with Crippen molar-refractivity contribution in [1.29, 1.82) is 0 Å². The fraction of sp³-hybridized carbons (Fsp3) is 0.704. The molecule has 3 atom stereocenters. The Morgan fingerprint density at radius 1 is 0.500 bits per heavy atom. The molecule has 6 heteroatoms. The van der Waals surface area contributed by atoms with Crippen LogP contribution < -0.4 is 5.32 Å². The van der Waals surface area contributed by atoms with Gasteiger partial charge in [0.25, 0.3) is 0 Å². The molecule has 0 fully saturated rings. The standard InChI is InChI=1S/C54H93NO5/c1-4-7-10-13-16-19-22-25-26-29-32-35-38-41-44-47-54(59)60-50(45-42-39-36-33-30-27-23-20-17-14-11-8-5-2)48-53(58)55-51(49-56)52(57)46-43-40-37-34-31-28-24-21-18-15-12-9-6-3/h7-8,10-11,13-14,16-17,19-20,22-23,25-26,50-52,56-57H,4-6,9,12,15,18,21,24,27-49H2,1-3H3,(H,55,58)/b10-7+,11-8+,16-13+,17-14+,22-19+,23-20+,26-25-. The van der Waals surface area contributed by atoms with Crippen molar-refractivity contribution in [3.63, 3.8) is 0 Å². The highest BCUT2D eigenvalue weighted by molar-refractivity contribution is 5.77. The maximum Gasteiger partial charge on any atom is 0.306 e. The van der Waals surface area contributed by atoms with E-state index < -0.39 is 18.2 Å². The van der Waals surface area contributed by atoms with Crippen LogP contribution in [0.1, 0.15) is 220 Å². The molecule has 0 aliphatic heterocycles. The monoisotopic (exact) mass is 836 g/mol. The Bertz CT molecular complexity index is 1160. The molecular weight excluding hydrogens is 743 g/mol. The number of aliphatic hydroxyl groups is 2. The quantitative estimate of drug-likeness (QED) is 0.0323. The van der Waals surface area contributed by atoms with Crippen molar-refractivity contribution < 1.29 is 24.5 Å². The van der Waals surface area contributed by atoms with Gasteiger partial charge in [-0.2, -0.15) is 0 Å². The molecule has 0 bridgehead atoms. The smallest absolute Gasteiger partial charge is 0.306 e. The summed E-state index contributed by atoms with van der Waals surface area (Å²) in [5.74, 6) is -0.527. The number of nitrogens with one attached hydrogen (secondary N) is 1. The first-order valence-corrected chi connectivity index (χ1v) is 24.9. The number of hydrogen-bond acceptors (Lipinski definition) is 5. The van der Waals surface area contributed by atoms with Crippen LogP contribution in [0, 0.1) is 0 Å². The number of esters is 1. The van der Waals surface area contributed by atoms with Gasteiger partial charge in [0.05, 0.1) is 25.2 Å². The Labute approximate surface area is 370 Å². The lowest BCUT2D eigenvalue weighted by molar-refractivity contribution is -0.151. The van der Waals surface area contributed by atoms with Crippen LogP contribution in [0.5, 0.6) is 0 Å². The minimum Gasteiger partial charge on any atom is -0.462 e. The second-order valence-electron chi connectivity index (χ2n) is 16.6. The molecule has 0 spiro atoms. The zero-order chi connectivity index (χ0) is 43.8. The van der Waals surface area contributed by atoms with Crippen LogP contribution in [0.15, 0.2) is 85.1 Å². The third-order valence-corrected chi connectivity index (χ3v) is 10.9. The van der Waals surface area contributed by atoms with Crippen LogP contribution in [-0.2, 0) is 14.3 Å². The summed E-state index contributed by atoms with van der Waals surface area (Å²) in [5.41, 5.74) is 0. The van der Waals surface area contributed by atoms with Crippen molar-refractivity contribution >= 4 is 11.9 Å². The first kappa shape index (κ1) is 57.0. The van der Waals surface area contributed by atoms with Gasteiger partial charge in [-0.05, 0) is 64.2 Å². The van der Waals surface area contributed by atoms with Crippen LogP contribution >= 0.6 is 0 Å². The highest BCUT2D eigenvalue weighted by atomic mass is 16.5.